The molecule has 7 nitrogen and oxygen atoms in total. The Morgan fingerprint density at radius 1 is 1.11 bits per heavy atom. The van der Waals surface area contributed by atoms with E-state index in [0.29, 0.717) is 16.3 Å². The SMILES string of the molecule is C[C@H](OC(=O)COc1ccc(Cl)cc1Cl)C(=O)Nc1ccc(C(N)=O)cc1. The van der Waals surface area contributed by atoms with Gasteiger partial charge in [0.15, 0.2) is 12.7 Å². The molecule has 0 unspecified atom stereocenters. The third-order valence-electron chi connectivity index (χ3n) is 3.35. The van der Waals surface area contributed by atoms with Gasteiger partial charge in [0.25, 0.3) is 5.91 Å². The van der Waals surface area contributed by atoms with Gasteiger partial charge in [0, 0.05) is 16.3 Å². The molecule has 3 N–H and O–H groups in total. The summed E-state index contributed by atoms with van der Waals surface area (Å²) in [5.74, 6) is -1.59. The number of hydrogen-bond donors (Lipinski definition) is 2. The second kappa shape index (κ2) is 9.25. The summed E-state index contributed by atoms with van der Waals surface area (Å²) in [6, 6.07) is 10.5. The topological polar surface area (TPSA) is 108 Å². The summed E-state index contributed by atoms with van der Waals surface area (Å²) < 4.78 is 10.3. The minimum atomic E-state index is -1.06. The average Bonchev–Trinajstić information content (AvgIpc) is 2.61. The van der Waals surface area contributed by atoms with Crippen LogP contribution in [0.4, 0.5) is 5.69 Å². The summed E-state index contributed by atoms with van der Waals surface area (Å²) in [6.07, 6.45) is -1.06. The van der Waals surface area contributed by atoms with Crippen molar-refractivity contribution in [3.8, 4) is 5.75 Å². The Labute approximate surface area is 165 Å². The van der Waals surface area contributed by atoms with E-state index in [9.17, 15) is 14.4 Å². The van der Waals surface area contributed by atoms with E-state index in [0.717, 1.165) is 0 Å². The molecule has 0 saturated heterocycles. The molecular weight excluding hydrogens is 395 g/mol. The smallest absolute Gasteiger partial charge is 0.344 e. The molecule has 0 aliphatic heterocycles. The fourth-order valence-electron chi connectivity index (χ4n) is 1.98. The lowest BCUT2D eigenvalue weighted by Gasteiger charge is -2.14. The lowest BCUT2D eigenvalue weighted by Crippen LogP contribution is -2.31. The third kappa shape index (κ3) is 6.16. The molecule has 27 heavy (non-hydrogen) atoms. The van der Waals surface area contributed by atoms with Crippen molar-refractivity contribution in [1.29, 1.82) is 0 Å². The standard InChI is InChI=1S/C18H16Cl2N2O5/c1-10(18(25)22-13-5-2-11(3-6-13)17(21)24)27-16(23)9-26-15-7-4-12(19)8-14(15)20/h2-8,10H,9H2,1H3,(H2,21,24)(H,22,25)/t10-/m0/s1. The summed E-state index contributed by atoms with van der Waals surface area (Å²) in [5, 5.41) is 3.24. The van der Waals surface area contributed by atoms with Crippen molar-refractivity contribution in [2.45, 2.75) is 13.0 Å². The van der Waals surface area contributed by atoms with Gasteiger partial charge in [-0.1, -0.05) is 23.2 Å². The Hall–Kier alpha value is -2.77. The molecule has 0 bridgehead atoms. The third-order valence-corrected chi connectivity index (χ3v) is 3.88. The number of primary amides is 1. The number of halogens is 2. The summed E-state index contributed by atoms with van der Waals surface area (Å²) in [4.78, 5) is 34.9. The van der Waals surface area contributed by atoms with Gasteiger partial charge in [-0.2, -0.15) is 0 Å². The fraction of sp³-hybridized carbons (Fsp3) is 0.167. The van der Waals surface area contributed by atoms with Gasteiger partial charge in [0.1, 0.15) is 5.75 Å². The molecule has 0 aromatic heterocycles. The van der Waals surface area contributed by atoms with Crippen molar-refractivity contribution in [2.75, 3.05) is 11.9 Å². The minimum absolute atomic E-state index is 0.250. The first-order valence-electron chi connectivity index (χ1n) is 7.74. The summed E-state index contributed by atoms with van der Waals surface area (Å²) in [5.41, 5.74) is 5.88. The second-order valence-electron chi connectivity index (χ2n) is 5.43. The number of ether oxygens (including phenoxy) is 2. The highest BCUT2D eigenvalue weighted by Gasteiger charge is 2.19. The largest absolute Gasteiger partial charge is 0.480 e. The van der Waals surface area contributed by atoms with Crippen LogP contribution >= 0.6 is 23.2 Å². The Kier molecular flexibility index (Phi) is 7.04. The molecule has 1 atom stereocenters. The highest BCUT2D eigenvalue weighted by molar-refractivity contribution is 6.35. The number of anilines is 1. The number of esters is 1. The zero-order valence-electron chi connectivity index (χ0n) is 14.2. The highest BCUT2D eigenvalue weighted by Crippen LogP contribution is 2.27. The van der Waals surface area contributed by atoms with E-state index in [4.69, 9.17) is 38.4 Å². The van der Waals surface area contributed by atoms with Crippen molar-refractivity contribution in [3.05, 3.63) is 58.1 Å². The van der Waals surface area contributed by atoms with Gasteiger partial charge in [0.05, 0.1) is 5.02 Å². The van der Waals surface area contributed by atoms with E-state index >= 15 is 0 Å². The zero-order valence-corrected chi connectivity index (χ0v) is 15.7. The van der Waals surface area contributed by atoms with Crippen LogP contribution in [0.3, 0.4) is 0 Å². The molecule has 2 aromatic carbocycles. The molecule has 0 saturated carbocycles. The number of nitrogens with one attached hydrogen (secondary N) is 1. The predicted molar refractivity (Wildman–Crippen MR) is 101 cm³/mol. The van der Waals surface area contributed by atoms with Crippen LogP contribution in [-0.4, -0.2) is 30.5 Å². The molecule has 142 valence electrons. The average molecular weight is 411 g/mol. The first-order chi connectivity index (χ1) is 12.8. The number of carbonyl (C=O) groups is 3. The van der Waals surface area contributed by atoms with Gasteiger partial charge in [0.2, 0.25) is 5.91 Å². The Bertz CT molecular complexity index is 855. The van der Waals surface area contributed by atoms with Crippen LogP contribution in [0.15, 0.2) is 42.5 Å². The minimum Gasteiger partial charge on any atom is -0.480 e. The molecule has 0 aliphatic rings. The number of carbonyl (C=O) groups excluding carboxylic acids is 3. The number of nitrogens with two attached hydrogens (primary N) is 1. The van der Waals surface area contributed by atoms with Crippen LogP contribution < -0.4 is 15.8 Å². The van der Waals surface area contributed by atoms with Gasteiger partial charge in [-0.25, -0.2) is 4.79 Å². The van der Waals surface area contributed by atoms with Crippen molar-refractivity contribution >= 4 is 46.7 Å². The first kappa shape index (κ1) is 20.5. The monoisotopic (exact) mass is 410 g/mol. The van der Waals surface area contributed by atoms with Gasteiger partial charge < -0.3 is 20.5 Å². The lowest BCUT2D eigenvalue weighted by molar-refractivity contribution is -0.155. The second-order valence-corrected chi connectivity index (χ2v) is 6.27. The van der Waals surface area contributed by atoms with Crippen molar-refractivity contribution < 1.29 is 23.9 Å². The molecule has 0 spiro atoms. The predicted octanol–water partition coefficient (Wildman–Crippen LogP) is 3.04. The maximum absolute atomic E-state index is 12.1. The van der Waals surface area contributed by atoms with E-state index in [1.54, 1.807) is 6.07 Å². The Morgan fingerprint density at radius 3 is 2.37 bits per heavy atom. The Balaban J connectivity index is 1.84. The quantitative estimate of drug-likeness (QED) is 0.681. The van der Waals surface area contributed by atoms with E-state index in [-0.39, 0.29) is 10.8 Å². The molecule has 0 fully saturated rings. The molecule has 0 heterocycles. The number of amides is 2. The molecule has 2 amide bonds. The fourth-order valence-corrected chi connectivity index (χ4v) is 2.44. The van der Waals surface area contributed by atoms with Gasteiger partial charge in [-0.3, -0.25) is 9.59 Å². The zero-order chi connectivity index (χ0) is 20.0. The normalized spacial score (nSPS) is 11.4. The Morgan fingerprint density at radius 2 is 1.78 bits per heavy atom. The van der Waals surface area contributed by atoms with E-state index in [1.165, 1.54) is 43.3 Å². The number of rotatable bonds is 7. The van der Waals surface area contributed by atoms with Crippen LogP contribution in [0, 0.1) is 0 Å². The maximum atomic E-state index is 12.1. The summed E-state index contributed by atoms with van der Waals surface area (Å²) in [7, 11) is 0. The molecule has 2 aromatic rings. The number of hydrogen-bond acceptors (Lipinski definition) is 5. The van der Waals surface area contributed by atoms with E-state index < -0.39 is 30.5 Å². The van der Waals surface area contributed by atoms with Crippen LogP contribution in [0.25, 0.3) is 0 Å². The molecule has 0 radical (unpaired) electrons. The summed E-state index contributed by atoms with van der Waals surface area (Å²) >= 11 is 11.7. The maximum Gasteiger partial charge on any atom is 0.344 e. The van der Waals surface area contributed by atoms with E-state index in [1.807, 2.05) is 0 Å². The van der Waals surface area contributed by atoms with Crippen LogP contribution in [0.2, 0.25) is 10.0 Å². The van der Waals surface area contributed by atoms with Crippen molar-refractivity contribution in [3.63, 3.8) is 0 Å². The lowest BCUT2D eigenvalue weighted by atomic mass is 10.2. The number of benzene rings is 2. The van der Waals surface area contributed by atoms with Gasteiger partial charge in [-0.05, 0) is 49.4 Å². The van der Waals surface area contributed by atoms with Gasteiger partial charge >= 0.3 is 5.97 Å². The van der Waals surface area contributed by atoms with E-state index in [2.05, 4.69) is 5.32 Å². The molecule has 0 aliphatic carbocycles. The van der Waals surface area contributed by atoms with Crippen molar-refractivity contribution in [1.82, 2.24) is 0 Å². The first-order valence-corrected chi connectivity index (χ1v) is 8.50. The van der Waals surface area contributed by atoms with Gasteiger partial charge in [-0.15, -0.1) is 0 Å². The van der Waals surface area contributed by atoms with Crippen LogP contribution in [0.5, 0.6) is 5.75 Å². The molecular formula is C18H16Cl2N2O5. The van der Waals surface area contributed by atoms with Crippen molar-refractivity contribution in [2.24, 2.45) is 5.73 Å². The summed E-state index contributed by atoms with van der Waals surface area (Å²) in [6.45, 7) is 0.993. The molecule has 9 heteroatoms. The molecule has 2 rings (SSSR count). The van der Waals surface area contributed by atoms with Crippen LogP contribution in [-0.2, 0) is 14.3 Å². The van der Waals surface area contributed by atoms with Crippen LogP contribution in [0.1, 0.15) is 17.3 Å². The highest BCUT2D eigenvalue weighted by atomic mass is 35.5.